The van der Waals surface area contributed by atoms with Gasteiger partial charge in [-0.15, -0.1) is 10.2 Å². The largest absolute Gasteiger partial charge is 0.447 e. The van der Waals surface area contributed by atoms with Crippen molar-refractivity contribution in [3.05, 3.63) is 58.6 Å². The van der Waals surface area contributed by atoms with E-state index in [-0.39, 0.29) is 5.91 Å². The number of nitrogens with zero attached hydrogens (tertiary/aromatic N) is 4. The lowest BCUT2D eigenvalue weighted by atomic mass is 10.0. The molecule has 1 aliphatic rings. The van der Waals surface area contributed by atoms with E-state index in [0.29, 0.717) is 33.0 Å². The van der Waals surface area contributed by atoms with Gasteiger partial charge in [0, 0.05) is 23.1 Å². The van der Waals surface area contributed by atoms with Crippen LogP contribution in [0.2, 0.25) is 5.02 Å². The molecule has 8 heteroatoms. The average Bonchev–Trinajstić information content (AvgIpc) is 2.82. The van der Waals surface area contributed by atoms with E-state index in [4.69, 9.17) is 16.3 Å². The van der Waals surface area contributed by atoms with E-state index in [1.165, 1.54) is 18.7 Å². The van der Waals surface area contributed by atoms with Gasteiger partial charge < -0.3 is 4.74 Å². The van der Waals surface area contributed by atoms with Crippen LogP contribution in [0.5, 0.6) is 5.88 Å². The molecule has 2 aromatic carbocycles. The van der Waals surface area contributed by atoms with Crippen LogP contribution in [0.4, 0.5) is 5.69 Å². The zero-order valence-electron chi connectivity index (χ0n) is 15.5. The molecule has 1 amide bonds. The van der Waals surface area contributed by atoms with Gasteiger partial charge in [0.15, 0.2) is 5.69 Å². The fourth-order valence-electron chi connectivity index (χ4n) is 3.23. The number of carbonyl (C=O) groups excluding carboxylic acids is 1. The number of benzene rings is 2. The Kier molecular flexibility index (Phi) is 4.95. The molecular formula is C20H17ClN4O2S. The predicted molar refractivity (Wildman–Crippen MR) is 110 cm³/mol. The summed E-state index contributed by atoms with van der Waals surface area (Å²) in [5, 5.41) is 9.48. The molecule has 1 aliphatic heterocycles. The number of halogens is 1. The van der Waals surface area contributed by atoms with Gasteiger partial charge in [0.1, 0.15) is 0 Å². The Balaban J connectivity index is 2.02. The first-order valence-electron chi connectivity index (χ1n) is 8.60. The standard InChI is InChI=1S/C20H17ClN4O2S/c1-11-6-4-5-7-14(11)19-25(12(2)26)16-9-8-13(21)10-15(16)17-18(27-19)22-20(28-3)24-23-17/h4-10,19H,1-3H3/t19-/m0/s1. The number of rotatable bonds is 2. The number of hydrogen-bond donors (Lipinski definition) is 0. The van der Waals surface area contributed by atoms with Crippen LogP contribution in [0.3, 0.4) is 0 Å². The number of hydrogen-bond acceptors (Lipinski definition) is 6. The molecule has 0 radical (unpaired) electrons. The number of aryl methyl sites for hydroxylation is 1. The van der Waals surface area contributed by atoms with Crippen LogP contribution >= 0.6 is 23.4 Å². The molecule has 0 saturated carbocycles. The molecule has 142 valence electrons. The number of fused-ring (bicyclic) bond motifs is 3. The van der Waals surface area contributed by atoms with Gasteiger partial charge in [0.05, 0.1) is 5.69 Å². The maximum atomic E-state index is 12.7. The molecule has 1 atom stereocenters. The summed E-state index contributed by atoms with van der Waals surface area (Å²) in [5.74, 6) is 0.155. The van der Waals surface area contributed by atoms with Crippen LogP contribution in [0.25, 0.3) is 11.3 Å². The molecule has 0 bridgehead atoms. The highest BCUT2D eigenvalue weighted by molar-refractivity contribution is 7.98. The lowest BCUT2D eigenvalue weighted by molar-refractivity contribution is -0.118. The fourth-order valence-corrected chi connectivity index (χ4v) is 3.70. The van der Waals surface area contributed by atoms with Crippen molar-refractivity contribution in [2.24, 2.45) is 0 Å². The third-order valence-corrected chi connectivity index (χ3v) is 5.32. The summed E-state index contributed by atoms with van der Waals surface area (Å²) in [7, 11) is 0. The van der Waals surface area contributed by atoms with Gasteiger partial charge >= 0.3 is 0 Å². The molecular weight excluding hydrogens is 396 g/mol. The monoisotopic (exact) mass is 412 g/mol. The van der Waals surface area contributed by atoms with Crippen molar-refractivity contribution >= 4 is 35.0 Å². The molecule has 1 aromatic heterocycles. The Morgan fingerprint density at radius 3 is 2.71 bits per heavy atom. The Morgan fingerprint density at radius 2 is 2.00 bits per heavy atom. The Morgan fingerprint density at radius 1 is 1.21 bits per heavy atom. The number of carbonyl (C=O) groups is 1. The second-order valence-corrected chi connectivity index (χ2v) is 7.54. The lowest BCUT2D eigenvalue weighted by Crippen LogP contribution is -2.36. The van der Waals surface area contributed by atoms with E-state index < -0.39 is 6.23 Å². The zero-order chi connectivity index (χ0) is 19.8. The van der Waals surface area contributed by atoms with Gasteiger partial charge in [-0.1, -0.05) is 47.6 Å². The topological polar surface area (TPSA) is 68.2 Å². The maximum absolute atomic E-state index is 12.7. The van der Waals surface area contributed by atoms with Crippen LogP contribution in [0, 0.1) is 6.92 Å². The fraction of sp³-hybridized carbons (Fsp3) is 0.200. The number of amides is 1. The molecule has 0 fully saturated rings. The van der Waals surface area contributed by atoms with Crippen molar-refractivity contribution in [3.8, 4) is 17.1 Å². The van der Waals surface area contributed by atoms with Crippen LogP contribution < -0.4 is 9.64 Å². The minimum Gasteiger partial charge on any atom is -0.447 e. The highest BCUT2D eigenvalue weighted by Gasteiger charge is 2.35. The lowest BCUT2D eigenvalue weighted by Gasteiger charge is -2.30. The molecule has 6 nitrogen and oxygen atoms in total. The van der Waals surface area contributed by atoms with E-state index in [0.717, 1.165) is 11.1 Å². The summed E-state index contributed by atoms with van der Waals surface area (Å²) < 4.78 is 6.30. The summed E-state index contributed by atoms with van der Waals surface area (Å²) in [6, 6.07) is 13.1. The minimum atomic E-state index is -0.689. The summed E-state index contributed by atoms with van der Waals surface area (Å²) in [4.78, 5) is 18.8. The smallest absolute Gasteiger partial charge is 0.247 e. The quantitative estimate of drug-likeness (QED) is 0.570. The first kappa shape index (κ1) is 18.7. The van der Waals surface area contributed by atoms with Gasteiger partial charge in [0.2, 0.25) is 23.2 Å². The summed E-state index contributed by atoms with van der Waals surface area (Å²) in [6.45, 7) is 3.49. The van der Waals surface area contributed by atoms with Crippen LogP contribution in [0.15, 0.2) is 47.6 Å². The third kappa shape index (κ3) is 3.21. The minimum absolute atomic E-state index is 0.164. The number of thioether (sulfide) groups is 1. The van der Waals surface area contributed by atoms with Crippen molar-refractivity contribution in [2.45, 2.75) is 25.2 Å². The van der Waals surface area contributed by atoms with Crippen molar-refractivity contribution in [1.82, 2.24) is 15.2 Å². The highest BCUT2D eigenvalue weighted by Crippen LogP contribution is 2.44. The van der Waals surface area contributed by atoms with Crippen molar-refractivity contribution in [1.29, 1.82) is 0 Å². The summed E-state index contributed by atoms with van der Waals surface area (Å²) >= 11 is 7.61. The number of ether oxygens (including phenoxy) is 1. The van der Waals surface area contributed by atoms with Gasteiger partial charge in [-0.2, -0.15) is 4.98 Å². The van der Waals surface area contributed by atoms with Gasteiger partial charge in [-0.05, 0) is 36.9 Å². The normalized spacial score (nSPS) is 15.3. The van der Waals surface area contributed by atoms with Gasteiger partial charge in [-0.25, -0.2) is 0 Å². The van der Waals surface area contributed by atoms with E-state index in [9.17, 15) is 4.79 Å². The third-order valence-electron chi connectivity index (χ3n) is 4.54. The van der Waals surface area contributed by atoms with E-state index in [1.807, 2.05) is 37.4 Å². The maximum Gasteiger partial charge on any atom is 0.247 e. The molecule has 28 heavy (non-hydrogen) atoms. The predicted octanol–water partition coefficient (Wildman–Crippen LogP) is 4.67. The van der Waals surface area contributed by atoms with Crippen LogP contribution in [-0.4, -0.2) is 27.3 Å². The van der Waals surface area contributed by atoms with E-state index >= 15 is 0 Å². The SMILES string of the molecule is CSc1nnc2c(n1)O[C@@H](c1ccccc1C)N(C(C)=O)c1ccc(Cl)cc1-2. The van der Waals surface area contributed by atoms with E-state index in [2.05, 4.69) is 15.2 Å². The van der Waals surface area contributed by atoms with Crippen LogP contribution in [-0.2, 0) is 4.79 Å². The molecule has 0 aliphatic carbocycles. The molecule has 3 aromatic rings. The van der Waals surface area contributed by atoms with Crippen LogP contribution in [0.1, 0.15) is 24.3 Å². The molecule has 0 spiro atoms. The number of aromatic nitrogens is 3. The highest BCUT2D eigenvalue weighted by atomic mass is 35.5. The molecule has 0 N–H and O–H groups in total. The van der Waals surface area contributed by atoms with Gasteiger partial charge in [-0.3, -0.25) is 9.69 Å². The zero-order valence-corrected chi connectivity index (χ0v) is 17.1. The summed E-state index contributed by atoms with van der Waals surface area (Å²) in [5.41, 5.74) is 3.64. The molecule has 4 rings (SSSR count). The first-order valence-corrected chi connectivity index (χ1v) is 10.2. The van der Waals surface area contributed by atoms with E-state index in [1.54, 1.807) is 23.1 Å². The second-order valence-electron chi connectivity index (χ2n) is 6.33. The number of anilines is 1. The molecule has 0 saturated heterocycles. The van der Waals surface area contributed by atoms with Crippen molar-refractivity contribution < 1.29 is 9.53 Å². The molecule has 2 heterocycles. The Labute approximate surface area is 171 Å². The van der Waals surface area contributed by atoms with Crippen molar-refractivity contribution in [2.75, 3.05) is 11.2 Å². The first-order chi connectivity index (χ1) is 13.5. The second kappa shape index (κ2) is 7.41. The Hall–Kier alpha value is -2.64. The average molecular weight is 413 g/mol. The van der Waals surface area contributed by atoms with Gasteiger partial charge in [0.25, 0.3) is 0 Å². The summed E-state index contributed by atoms with van der Waals surface area (Å²) in [6.07, 6.45) is 1.18. The van der Waals surface area contributed by atoms with Crippen molar-refractivity contribution in [3.63, 3.8) is 0 Å². The Bertz CT molecular complexity index is 1080. The molecule has 0 unspecified atom stereocenters.